The van der Waals surface area contributed by atoms with Crippen LogP contribution >= 0.6 is 11.8 Å². The number of rotatable bonds is 8. The maximum atomic E-state index is 13.1. The monoisotopic (exact) mass is 389 g/mol. The van der Waals surface area contributed by atoms with Crippen LogP contribution in [0, 0.1) is 0 Å². The van der Waals surface area contributed by atoms with Crippen molar-refractivity contribution in [3.63, 3.8) is 0 Å². The van der Waals surface area contributed by atoms with Gasteiger partial charge in [0.2, 0.25) is 5.88 Å². The first-order valence-electron chi connectivity index (χ1n) is 9.54. The Labute approximate surface area is 164 Å². The molecule has 1 aliphatic rings. The van der Waals surface area contributed by atoms with Gasteiger partial charge in [0.15, 0.2) is 5.16 Å². The second-order valence-corrected chi connectivity index (χ2v) is 7.64. The Balaban J connectivity index is 1.86. The second kappa shape index (κ2) is 9.92. The van der Waals surface area contributed by atoms with E-state index in [1.807, 2.05) is 30.3 Å². The van der Waals surface area contributed by atoms with E-state index in [9.17, 15) is 9.90 Å². The average molecular weight is 390 g/mol. The summed E-state index contributed by atoms with van der Waals surface area (Å²) in [7, 11) is 0. The lowest BCUT2D eigenvalue weighted by atomic mass is 10.1. The molecule has 146 valence electrons. The van der Waals surface area contributed by atoms with Crippen LogP contribution in [0.3, 0.4) is 0 Å². The number of aromatic hydroxyl groups is 1. The Bertz CT molecular complexity index is 789. The fraction of sp³-hybridized carbons (Fsp3) is 0.500. The van der Waals surface area contributed by atoms with E-state index in [0.29, 0.717) is 17.1 Å². The summed E-state index contributed by atoms with van der Waals surface area (Å²) >= 11 is 1.51. The first-order valence-corrected chi connectivity index (χ1v) is 10.5. The van der Waals surface area contributed by atoms with E-state index in [2.05, 4.69) is 16.8 Å². The second-order valence-electron chi connectivity index (χ2n) is 6.58. The number of ether oxygens (including phenoxy) is 1. The van der Waals surface area contributed by atoms with Crippen LogP contribution in [0.1, 0.15) is 25.3 Å². The number of unbranched alkanes of at least 4 members (excludes halogenated alkanes) is 1. The van der Waals surface area contributed by atoms with Crippen LogP contribution in [-0.4, -0.2) is 58.2 Å². The van der Waals surface area contributed by atoms with Gasteiger partial charge in [-0.1, -0.05) is 43.3 Å². The lowest BCUT2D eigenvalue weighted by molar-refractivity contribution is 0.0410. The van der Waals surface area contributed by atoms with Crippen LogP contribution in [0.5, 0.6) is 5.88 Å². The summed E-state index contributed by atoms with van der Waals surface area (Å²) in [6.45, 7) is 6.36. The Kier molecular flexibility index (Phi) is 7.32. The normalized spacial score (nSPS) is 15.1. The number of aromatic nitrogens is 2. The summed E-state index contributed by atoms with van der Waals surface area (Å²) in [5.41, 5.74) is 1.01. The molecule has 0 bridgehead atoms. The van der Waals surface area contributed by atoms with E-state index in [1.54, 1.807) is 4.57 Å². The molecule has 3 rings (SSSR count). The first kappa shape index (κ1) is 19.9. The molecule has 6 nitrogen and oxygen atoms in total. The van der Waals surface area contributed by atoms with Gasteiger partial charge in [0, 0.05) is 25.4 Å². The van der Waals surface area contributed by atoms with E-state index in [1.165, 1.54) is 11.8 Å². The highest BCUT2D eigenvalue weighted by Crippen LogP contribution is 2.23. The maximum absolute atomic E-state index is 13.1. The molecule has 0 saturated carbocycles. The van der Waals surface area contributed by atoms with Crippen LogP contribution in [0.15, 0.2) is 40.3 Å². The Morgan fingerprint density at radius 3 is 2.67 bits per heavy atom. The molecule has 1 aromatic carbocycles. The van der Waals surface area contributed by atoms with Crippen LogP contribution < -0.4 is 5.56 Å². The van der Waals surface area contributed by atoms with E-state index < -0.39 is 0 Å². The van der Waals surface area contributed by atoms with Crippen molar-refractivity contribution in [1.82, 2.24) is 14.5 Å². The van der Waals surface area contributed by atoms with E-state index in [4.69, 9.17) is 4.74 Å². The van der Waals surface area contributed by atoms with Gasteiger partial charge in [0.25, 0.3) is 5.56 Å². The third-order valence-corrected chi connectivity index (χ3v) is 5.58. The molecule has 1 aromatic heterocycles. The van der Waals surface area contributed by atoms with E-state index >= 15 is 0 Å². The molecule has 2 heterocycles. The van der Waals surface area contributed by atoms with Crippen molar-refractivity contribution in [3.05, 3.63) is 46.2 Å². The van der Waals surface area contributed by atoms with Gasteiger partial charge >= 0.3 is 0 Å². The van der Waals surface area contributed by atoms with Crippen LogP contribution in [-0.2, 0) is 11.2 Å². The minimum atomic E-state index is -0.170. The van der Waals surface area contributed by atoms with Crippen LogP contribution in [0.25, 0.3) is 5.69 Å². The third-order valence-electron chi connectivity index (χ3n) is 4.66. The summed E-state index contributed by atoms with van der Waals surface area (Å²) in [6, 6.07) is 9.53. The SMILES string of the molecule is CCCCc1c(O)nc(SCCN2CCOCC2)n(-c2ccccc2)c1=O. The topological polar surface area (TPSA) is 67.6 Å². The van der Waals surface area contributed by atoms with Crippen molar-refractivity contribution in [2.45, 2.75) is 31.3 Å². The molecule has 2 aromatic rings. The average Bonchev–Trinajstić information content (AvgIpc) is 2.69. The molecular weight excluding hydrogens is 362 g/mol. The molecule has 0 atom stereocenters. The van der Waals surface area contributed by atoms with E-state index in [-0.39, 0.29) is 11.4 Å². The van der Waals surface area contributed by atoms with Gasteiger partial charge in [-0.2, -0.15) is 4.98 Å². The number of hydrogen-bond donors (Lipinski definition) is 1. The smallest absolute Gasteiger partial charge is 0.265 e. The van der Waals surface area contributed by atoms with Crippen molar-refractivity contribution in [2.24, 2.45) is 0 Å². The highest BCUT2D eigenvalue weighted by Gasteiger charge is 2.18. The lowest BCUT2D eigenvalue weighted by Crippen LogP contribution is -2.37. The number of hydrogen-bond acceptors (Lipinski definition) is 6. The number of nitrogens with zero attached hydrogens (tertiary/aromatic N) is 3. The van der Waals surface area contributed by atoms with Gasteiger partial charge < -0.3 is 9.84 Å². The molecule has 27 heavy (non-hydrogen) atoms. The van der Waals surface area contributed by atoms with Crippen molar-refractivity contribution in [3.8, 4) is 11.6 Å². The summed E-state index contributed by atoms with van der Waals surface area (Å²) in [5, 5.41) is 10.9. The summed E-state index contributed by atoms with van der Waals surface area (Å²) in [5.74, 6) is 0.669. The number of morpholine rings is 1. The third kappa shape index (κ3) is 5.12. The quantitative estimate of drug-likeness (QED) is 0.553. The zero-order valence-electron chi connectivity index (χ0n) is 15.8. The number of para-hydroxylation sites is 1. The van der Waals surface area contributed by atoms with Crippen molar-refractivity contribution in [1.29, 1.82) is 0 Å². The van der Waals surface area contributed by atoms with Gasteiger partial charge in [-0.05, 0) is 25.0 Å². The highest BCUT2D eigenvalue weighted by atomic mass is 32.2. The zero-order chi connectivity index (χ0) is 19.1. The summed E-state index contributed by atoms with van der Waals surface area (Å²) < 4.78 is 7.01. The Morgan fingerprint density at radius 2 is 1.96 bits per heavy atom. The van der Waals surface area contributed by atoms with Gasteiger partial charge in [0.05, 0.1) is 24.5 Å². The van der Waals surface area contributed by atoms with Crippen LogP contribution in [0.4, 0.5) is 0 Å². The lowest BCUT2D eigenvalue weighted by Gasteiger charge is -2.26. The molecule has 0 radical (unpaired) electrons. The molecule has 0 spiro atoms. The molecule has 1 fully saturated rings. The fourth-order valence-electron chi connectivity index (χ4n) is 3.09. The minimum absolute atomic E-state index is 0.130. The minimum Gasteiger partial charge on any atom is -0.493 e. The molecule has 1 saturated heterocycles. The summed E-state index contributed by atoms with van der Waals surface area (Å²) in [4.78, 5) is 19.8. The molecule has 0 amide bonds. The molecule has 7 heteroatoms. The Morgan fingerprint density at radius 1 is 1.22 bits per heavy atom. The highest BCUT2D eigenvalue weighted by molar-refractivity contribution is 7.99. The van der Waals surface area contributed by atoms with Crippen molar-refractivity contribution < 1.29 is 9.84 Å². The van der Waals surface area contributed by atoms with Crippen molar-refractivity contribution in [2.75, 3.05) is 38.6 Å². The van der Waals surface area contributed by atoms with Gasteiger partial charge in [-0.25, -0.2) is 0 Å². The van der Waals surface area contributed by atoms with Crippen molar-refractivity contribution >= 4 is 11.8 Å². The first-order chi connectivity index (χ1) is 13.2. The number of thioether (sulfide) groups is 1. The largest absolute Gasteiger partial charge is 0.493 e. The Hall–Kier alpha value is -1.83. The molecule has 1 aliphatic heterocycles. The predicted octanol–water partition coefficient (Wildman–Crippen LogP) is 2.71. The zero-order valence-corrected chi connectivity index (χ0v) is 16.6. The van der Waals surface area contributed by atoms with E-state index in [0.717, 1.165) is 57.1 Å². The van der Waals surface area contributed by atoms with Gasteiger partial charge in [-0.3, -0.25) is 14.3 Å². The molecule has 1 N–H and O–H groups in total. The van der Waals surface area contributed by atoms with Gasteiger partial charge in [0.1, 0.15) is 0 Å². The molecule has 0 aliphatic carbocycles. The molecule has 0 unspecified atom stereocenters. The van der Waals surface area contributed by atoms with Crippen LogP contribution in [0.2, 0.25) is 0 Å². The maximum Gasteiger partial charge on any atom is 0.265 e. The standard InChI is InChI=1S/C20H27N3O3S/c1-2-3-9-17-18(24)21-20(27-15-12-22-10-13-26-14-11-22)23(19(17)25)16-7-5-4-6-8-16/h4-8,24H,2-3,9-15H2,1H3. The number of benzene rings is 1. The predicted molar refractivity (Wildman–Crippen MR) is 108 cm³/mol. The fourth-order valence-corrected chi connectivity index (χ4v) is 4.09. The summed E-state index contributed by atoms with van der Waals surface area (Å²) in [6.07, 6.45) is 2.35. The van der Waals surface area contributed by atoms with Gasteiger partial charge in [-0.15, -0.1) is 0 Å². The molecular formula is C20H27N3O3S.